The van der Waals surface area contributed by atoms with Crippen LogP contribution in [0.5, 0.6) is 0 Å². The molecule has 0 bridgehead atoms. The van der Waals surface area contributed by atoms with Crippen molar-refractivity contribution in [3.63, 3.8) is 0 Å². The van der Waals surface area contributed by atoms with E-state index in [0.29, 0.717) is 36.5 Å². The van der Waals surface area contributed by atoms with Crippen LogP contribution in [0.15, 0.2) is 18.2 Å². The van der Waals surface area contributed by atoms with Gasteiger partial charge in [0.05, 0.1) is 21.5 Å². The van der Waals surface area contributed by atoms with E-state index in [1.807, 2.05) is 0 Å². The number of carbonyl (C=O) groups is 2. The number of hydrogen-bond donors (Lipinski definition) is 1. The van der Waals surface area contributed by atoms with E-state index in [1.165, 1.54) is 0 Å². The van der Waals surface area contributed by atoms with E-state index in [-0.39, 0.29) is 16.8 Å². The molecule has 1 aliphatic rings. The Labute approximate surface area is 120 Å². The maximum absolute atomic E-state index is 12.3. The normalized spacial score (nSPS) is 16.4. The Morgan fingerprint density at radius 3 is 2.42 bits per heavy atom. The molecule has 1 aromatic rings. The van der Waals surface area contributed by atoms with Crippen LogP contribution in [-0.4, -0.2) is 35.0 Å². The second kappa shape index (κ2) is 5.80. The van der Waals surface area contributed by atoms with Gasteiger partial charge in [-0.3, -0.25) is 9.59 Å². The van der Waals surface area contributed by atoms with Gasteiger partial charge in [-0.2, -0.15) is 0 Å². The van der Waals surface area contributed by atoms with Gasteiger partial charge in [-0.25, -0.2) is 0 Å². The Morgan fingerprint density at radius 2 is 1.84 bits per heavy atom. The summed E-state index contributed by atoms with van der Waals surface area (Å²) in [5.74, 6) is -1.36. The van der Waals surface area contributed by atoms with Gasteiger partial charge in [-0.15, -0.1) is 0 Å². The SMILES string of the molecule is O=C(O)C1CCN(C(=O)c2cccc(Cl)c2Cl)CC1. The highest BCUT2D eigenvalue weighted by atomic mass is 35.5. The summed E-state index contributed by atoms with van der Waals surface area (Å²) in [6.45, 7) is 0.858. The number of hydrogen-bond acceptors (Lipinski definition) is 2. The number of nitrogens with zero attached hydrogens (tertiary/aromatic N) is 1. The molecule has 0 saturated carbocycles. The van der Waals surface area contributed by atoms with E-state index >= 15 is 0 Å². The van der Waals surface area contributed by atoms with Crippen molar-refractivity contribution < 1.29 is 14.7 Å². The number of likely N-dealkylation sites (tertiary alicyclic amines) is 1. The molecule has 1 fully saturated rings. The Morgan fingerprint density at radius 1 is 1.21 bits per heavy atom. The van der Waals surface area contributed by atoms with Crippen molar-refractivity contribution in [2.45, 2.75) is 12.8 Å². The number of rotatable bonds is 2. The van der Waals surface area contributed by atoms with Crippen LogP contribution in [0.1, 0.15) is 23.2 Å². The summed E-state index contributed by atoms with van der Waals surface area (Å²) in [5, 5.41) is 9.50. The quantitative estimate of drug-likeness (QED) is 0.914. The number of amides is 1. The number of aliphatic carboxylic acids is 1. The summed E-state index contributed by atoms with van der Waals surface area (Å²) in [7, 11) is 0. The zero-order chi connectivity index (χ0) is 14.0. The second-order valence-electron chi connectivity index (χ2n) is 4.51. The first-order valence-electron chi connectivity index (χ1n) is 5.97. The maximum atomic E-state index is 12.3. The van der Waals surface area contributed by atoms with Gasteiger partial charge in [0.25, 0.3) is 5.91 Å². The molecule has 4 nitrogen and oxygen atoms in total. The van der Waals surface area contributed by atoms with E-state index in [0.717, 1.165) is 0 Å². The summed E-state index contributed by atoms with van der Waals surface area (Å²) in [5.41, 5.74) is 0.364. The standard InChI is InChI=1S/C13H13Cl2NO3/c14-10-3-1-2-9(11(10)15)12(17)16-6-4-8(5-7-16)13(18)19/h1-3,8H,4-7H2,(H,18,19). The Bertz CT molecular complexity index is 511. The lowest BCUT2D eigenvalue weighted by Gasteiger charge is -2.30. The first-order valence-corrected chi connectivity index (χ1v) is 6.72. The average Bonchev–Trinajstić information content (AvgIpc) is 2.41. The predicted octanol–water partition coefficient (Wildman–Crippen LogP) is 2.93. The van der Waals surface area contributed by atoms with Gasteiger partial charge in [0.1, 0.15) is 0 Å². The van der Waals surface area contributed by atoms with Gasteiger partial charge in [0.15, 0.2) is 0 Å². The van der Waals surface area contributed by atoms with Gasteiger partial charge in [0.2, 0.25) is 0 Å². The van der Waals surface area contributed by atoms with Crippen molar-refractivity contribution in [1.82, 2.24) is 4.90 Å². The number of piperidine rings is 1. The molecule has 0 aromatic heterocycles. The lowest BCUT2D eigenvalue weighted by molar-refractivity contribution is -0.143. The predicted molar refractivity (Wildman–Crippen MR) is 72.7 cm³/mol. The summed E-state index contributed by atoms with van der Waals surface area (Å²) >= 11 is 11.9. The van der Waals surface area contributed by atoms with Gasteiger partial charge in [-0.1, -0.05) is 29.3 Å². The highest BCUT2D eigenvalue weighted by Gasteiger charge is 2.28. The van der Waals surface area contributed by atoms with Gasteiger partial charge in [0, 0.05) is 13.1 Å². The molecule has 1 aliphatic heterocycles. The van der Waals surface area contributed by atoms with Crippen LogP contribution in [0, 0.1) is 5.92 Å². The molecule has 102 valence electrons. The van der Waals surface area contributed by atoms with Crippen LogP contribution in [0.2, 0.25) is 10.0 Å². The molecule has 1 amide bonds. The molecule has 0 spiro atoms. The maximum Gasteiger partial charge on any atom is 0.306 e. The van der Waals surface area contributed by atoms with E-state index in [2.05, 4.69) is 0 Å². The van der Waals surface area contributed by atoms with Crippen LogP contribution < -0.4 is 0 Å². The minimum atomic E-state index is -0.798. The van der Waals surface area contributed by atoms with E-state index in [4.69, 9.17) is 28.3 Å². The van der Waals surface area contributed by atoms with E-state index in [9.17, 15) is 9.59 Å². The van der Waals surface area contributed by atoms with Crippen molar-refractivity contribution in [3.8, 4) is 0 Å². The molecule has 1 heterocycles. The summed E-state index contributed by atoms with van der Waals surface area (Å²) in [6.07, 6.45) is 0.943. The minimum Gasteiger partial charge on any atom is -0.481 e. The van der Waals surface area contributed by atoms with E-state index in [1.54, 1.807) is 23.1 Å². The smallest absolute Gasteiger partial charge is 0.306 e. The number of benzene rings is 1. The van der Waals surface area contributed by atoms with Gasteiger partial charge < -0.3 is 10.0 Å². The van der Waals surface area contributed by atoms with Gasteiger partial charge >= 0.3 is 5.97 Å². The molecule has 0 atom stereocenters. The topological polar surface area (TPSA) is 57.6 Å². The van der Waals surface area contributed by atoms with Crippen molar-refractivity contribution in [2.24, 2.45) is 5.92 Å². The molecule has 1 aromatic carbocycles. The first kappa shape index (κ1) is 14.2. The molecule has 0 unspecified atom stereocenters. The summed E-state index contributed by atoms with van der Waals surface area (Å²) < 4.78 is 0. The molecular formula is C13H13Cl2NO3. The van der Waals surface area contributed by atoms with Crippen molar-refractivity contribution in [2.75, 3.05) is 13.1 Å². The lowest BCUT2D eigenvalue weighted by atomic mass is 9.96. The van der Waals surface area contributed by atoms with Gasteiger partial charge in [-0.05, 0) is 25.0 Å². The van der Waals surface area contributed by atoms with Crippen LogP contribution >= 0.6 is 23.2 Å². The van der Waals surface area contributed by atoms with Crippen molar-refractivity contribution in [3.05, 3.63) is 33.8 Å². The number of carboxylic acids is 1. The lowest BCUT2D eigenvalue weighted by Crippen LogP contribution is -2.40. The van der Waals surface area contributed by atoms with Crippen molar-refractivity contribution >= 4 is 35.1 Å². The number of halogens is 2. The highest BCUT2D eigenvalue weighted by molar-refractivity contribution is 6.43. The fourth-order valence-corrected chi connectivity index (χ4v) is 2.55. The number of carbonyl (C=O) groups excluding carboxylic acids is 1. The highest BCUT2D eigenvalue weighted by Crippen LogP contribution is 2.28. The molecular weight excluding hydrogens is 289 g/mol. The zero-order valence-corrected chi connectivity index (χ0v) is 11.6. The van der Waals surface area contributed by atoms with Crippen LogP contribution in [0.4, 0.5) is 0 Å². The fraction of sp³-hybridized carbons (Fsp3) is 0.385. The number of carboxylic acid groups (broad SMARTS) is 1. The molecule has 2 rings (SSSR count). The Kier molecular flexibility index (Phi) is 4.32. The van der Waals surface area contributed by atoms with E-state index < -0.39 is 5.97 Å². The second-order valence-corrected chi connectivity index (χ2v) is 5.29. The Hall–Kier alpha value is -1.26. The molecule has 1 saturated heterocycles. The van der Waals surface area contributed by atoms with Crippen LogP contribution in [0.3, 0.4) is 0 Å². The van der Waals surface area contributed by atoms with Crippen LogP contribution in [0.25, 0.3) is 0 Å². The third-order valence-electron chi connectivity index (χ3n) is 3.31. The summed E-state index contributed by atoms with van der Waals surface area (Å²) in [6, 6.07) is 4.92. The minimum absolute atomic E-state index is 0.198. The third-order valence-corrected chi connectivity index (χ3v) is 4.13. The largest absolute Gasteiger partial charge is 0.481 e. The molecule has 6 heteroatoms. The summed E-state index contributed by atoms with van der Waals surface area (Å²) in [4.78, 5) is 24.8. The molecule has 0 radical (unpaired) electrons. The fourth-order valence-electron chi connectivity index (χ4n) is 2.17. The molecule has 19 heavy (non-hydrogen) atoms. The Balaban J connectivity index is 2.09. The monoisotopic (exact) mass is 301 g/mol. The zero-order valence-electron chi connectivity index (χ0n) is 10.1. The molecule has 1 N–H and O–H groups in total. The van der Waals surface area contributed by atoms with Crippen molar-refractivity contribution in [1.29, 1.82) is 0 Å². The molecule has 0 aliphatic carbocycles. The average molecular weight is 302 g/mol. The third kappa shape index (κ3) is 3.01. The van der Waals surface area contributed by atoms with Crippen LogP contribution in [-0.2, 0) is 4.79 Å². The first-order chi connectivity index (χ1) is 9.00.